The fourth-order valence-electron chi connectivity index (χ4n) is 5.74. The standard InChI is InChI=1S/C27H18F6S2/c1-15-13-18-21-22(26(30,31)27(32,33)25(21,28)29)19-14-20(16-9-5-3-6-10-16)35-24(19,23(18,2)34-15)17-11-7-4-8-12-17/h3-14H,1-2H3. The number of benzene rings is 2. The van der Waals surface area contributed by atoms with Gasteiger partial charge in [0, 0.05) is 16.1 Å². The Morgan fingerprint density at radius 3 is 1.80 bits per heavy atom. The van der Waals surface area contributed by atoms with Crippen molar-refractivity contribution in [3.63, 3.8) is 0 Å². The molecule has 2 aromatic rings. The molecular formula is C27H18F6S2. The van der Waals surface area contributed by atoms with Gasteiger partial charge < -0.3 is 0 Å². The van der Waals surface area contributed by atoms with E-state index in [2.05, 4.69) is 0 Å². The topological polar surface area (TPSA) is 0 Å². The molecule has 0 bridgehead atoms. The molecule has 8 heteroatoms. The number of hydrogen-bond acceptors (Lipinski definition) is 2. The summed E-state index contributed by atoms with van der Waals surface area (Å²) in [6.45, 7) is 3.39. The van der Waals surface area contributed by atoms with Gasteiger partial charge in [0.1, 0.15) is 0 Å². The number of allylic oxidation sites excluding steroid dienone is 5. The summed E-state index contributed by atoms with van der Waals surface area (Å²) in [5, 5.41) is 0. The lowest BCUT2D eigenvalue weighted by atomic mass is 9.68. The van der Waals surface area contributed by atoms with Crippen molar-refractivity contribution in [2.24, 2.45) is 0 Å². The van der Waals surface area contributed by atoms with Crippen molar-refractivity contribution < 1.29 is 26.3 Å². The quantitative estimate of drug-likeness (QED) is 0.364. The van der Waals surface area contributed by atoms with Gasteiger partial charge >= 0.3 is 17.8 Å². The van der Waals surface area contributed by atoms with Crippen LogP contribution in [0, 0.1) is 0 Å². The molecule has 35 heavy (non-hydrogen) atoms. The first-order valence-corrected chi connectivity index (χ1v) is 12.6. The first kappa shape index (κ1) is 23.1. The van der Waals surface area contributed by atoms with E-state index in [0.717, 1.165) is 0 Å². The molecular weight excluding hydrogens is 502 g/mol. The maximum atomic E-state index is 15.5. The summed E-state index contributed by atoms with van der Waals surface area (Å²) >= 11 is 2.53. The van der Waals surface area contributed by atoms with Crippen molar-refractivity contribution in [1.29, 1.82) is 0 Å². The fourth-order valence-corrected chi connectivity index (χ4v) is 9.05. The predicted molar refractivity (Wildman–Crippen MR) is 129 cm³/mol. The van der Waals surface area contributed by atoms with Crippen LogP contribution in [0.2, 0.25) is 0 Å². The minimum absolute atomic E-state index is 0.153. The third-order valence-electron chi connectivity index (χ3n) is 7.26. The van der Waals surface area contributed by atoms with Crippen LogP contribution in [0.4, 0.5) is 26.3 Å². The lowest BCUT2D eigenvalue weighted by Crippen LogP contribution is -2.48. The Balaban J connectivity index is 1.79. The average Bonchev–Trinajstić information content (AvgIpc) is 3.40. The van der Waals surface area contributed by atoms with Gasteiger partial charge in [-0.25, -0.2) is 0 Å². The highest BCUT2D eigenvalue weighted by Crippen LogP contribution is 2.77. The van der Waals surface area contributed by atoms with Gasteiger partial charge in [-0.05, 0) is 53.2 Å². The zero-order valence-corrected chi connectivity index (χ0v) is 20.1. The minimum Gasteiger partial charge on any atom is -0.194 e. The van der Waals surface area contributed by atoms with Gasteiger partial charge in [0.05, 0.1) is 9.49 Å². The largest absolute Gasteiger partial charge is 0.380 e. The second kappa shape index (κ2) is 6.91. The van der Waals surface area contributed by atoms with Crippen LogP contribution in [0.15, 0.2) is 100 Å². The molecule has 2 unspecified atom stereocenters. The first-order chi connectivity index (χ1) is 16.4. The van der Waals surface area contributed by atoms with Gasteiger partial charge in [-0.3, -0.25) is 0 Å². The molecule has 180 valence electrons. The fraction of sp³-hybridized carbons (Fsp3) is 0.259. The molecule has 0 spiro atoms. The van der Waals surface area contributed by atoms with Crippen molar-refractivity contribution in [1.82, 2.24) is 0 Å². The van der Waals surface area contributed by atoms with E-state index in [0.29, 0.717) is 20.9 Å². The number of halogens is 6. The van der Waals surface area contributed by atoms with Crippen LogP contribution in [0.3, 0.4) is 0 Å². The van der Waals surface area contributed by atoms with Crippen molar-refractivity contribution in [3.05, 3.63) is 111 Å². The highest BCUT2D eigenvalue weighted by Gasteiger charge is 2.84. The Hall–Kier alpha value is -2.32. The van der Waals surface area contributed by atoms with Crippen molar-refractivity contribution >= 4 is 28.4 Å². The smallest absolute Gasteiger partial charge is 0.194 e. The summed E-state index contributed by atoms with van der Waals surface area (Å²) < 4.78 is 88.8. The van der Waals surface area contributed by atoms with Crippen LogP contribution in [0.1, 0.15) is 25.0 Å². The molecule has 1 saturated carbocycles. The Kier molecular flexibility index (Phi) is 4.56. The maximum absolute atomic E-state index is 15.5. The first-order valence-electron chi connectivity index (χ1n) is 10.9. The summed E-state index contributed by atoms with van der Waals surface area (Å²) in [4.78, 5) is 1.17. The van der Waals surface area contributed by atoms with Crippen LogP contribution in [0.25, 0.3) is 4.91 Å². The summed E-state index contributed by atoms with van der Waals surface area (Å²) in [5.41, 5.74) is -1.50. The van der Waals surface area contributed by atoms with Crippen LogP contribution in [-0.4, -0.2) is 22.5 Å². The predicted octanol–water partition coefficient (Wildman–Crippen LogP) is 8.61. The van der Waals surface area contributed by atoms with E-state index in [9.17, 15) is 8.78 Å². The van der Waals surface area contributed by atoms with E-state index in [1.54, 1.807) is 74.5 Å². The molecule has 2 heterocycles. The van der Waals surface area contributed by atoms with Crippen molar-refractivity contribution in [3.8, 4) is 0 Å². The van der Waals surface area contributed by atoms with Gasteiger partial charge in [-0.2, -0.15) is 26.3 Å². The second-order valence-corrected chi connectivity index (χ2v) is 12.1. The number of hydrogen-bond donors (Lipinski definition) is 0. The van der Waals surface area contributed by atoms with E-state index in [1.165, 1.54) is 35.7 Å². The molecule has 0 N–H and O–H groups in total. The summed E-state index contributed by atoms with van der Waals surface area (Å²) in [6.07, 6.45) is 2.80. The molecule has 2 aliphatic heterocycles. The number of fused-ring (bicyclic) bond motifs is 4. The number of alkyl halides is 6. The lowest BCUT2D eigenvalue weighted by molar-refractivity contribution is -0.258. The molecule has 4 aliphatic rings. The molecule has 2 aliphatic carbocycles. The van der Waals surface area contributed by atoms with E-state index in [-0.39, 0.29) is 11.1 Å². The van der Waals surface area contributed by atoms with E-state index >= 15 is 17.6 Å². The van der Waals surface area contributed by atoms with Gasteiger partial charge in [0.2, 0.25) is 0 Å². The van der Waals surface area contributed by atoms with Gasteiger partial charge in [-0.1, -0.05) is 60.7 Å². The summed E-state index contributed by atoms with van der Waals surface area (Å²) in [7, 11) is 0. The zero-order valence-electron chi connectivity index (χ0n) is 18.5. The number of thioether (sulfide) groups is 2. The van der Waals surface area contributed by atoms with E-state index in [4.69, 9.17) is 0 Å². The highest BCUT2D eigenvalue weighted by molar-refractivity contribution is 8.12. The van der Waals surface area contributed by atoms with Crippen LogP contribution in [0.5, 0.6) is 0 Å². The Labute approximate surface area is 206 Å². The van der Waals surface area contributed by atoms with Gasteiger partial charge in [0.15, 0.2) is 0 Å². The second-order valence-electron chi connectivity index (χ2n) is 9.21. The third-order valence-corrected chi connectivity index (χ3v) is 10.5. The normalized spacial score (nSPS) is 31.7. The Morgan fingerprint density at radius 1 is 0.657 bits per heavy atom. The molecule has 2 aromatic carbocycles. The molecule has 1 fully saturated rings. The summed E-state index contributed by atoms with van der Waals surface area (Å²) in [6, 6.07) is 17.7. The van der Waals surface area contributed by atoms with E-state index < -0.39 is 38.4 Å². The monoisotopic (exact) mass is 520 g/mol. The summed E-state index contributed by atoms with van der Waals surface area (Å²) in [5.74, 6) is -15.6. The van der Waals surface area contributed by atoms with Gasteiger partial charge in [-0.15, -0.1) is 23.5 Å². The Morgan fingerprint density at radius 2 is 1.20 bits per heavy atom. The number of rotatable bonds is 2. The molecule has 2 atom stereocenters. The third kappa shape index (κ3) is 2.55. The molecule has 0 radical (unpaired) electrons. The molecule has 0 amide bonds. The zero-order chi connectivity index (χ0) is 25.0. The van der Waals surface area contributed by atoms with Crippen LogP contribution in [-0.2, 0) is 4.75 Å². The molecule has 0 nitrogen and oxygen atoms in total. The van der Waals surface area contributed by atoms with Crippen molar-refractivity contribution in [2.45, 2.75) is 41.1 Å². The van der Waals surface area contributed by atoms with Crippen molar-refractivity contribution in [2.75, 3.05) is 0 Å². The Bertz CT molecular complexity index is 1390. The van der Waals surface area contributed by atoms with Crippen LogP contribution >= 0.6 is 23.5 Å². The average molecular weight is 521 g/mol. The SMILES string of the molecule is CC1=CC2=C3C(=C4C=C(c5ccccc5)SC4(c4ccccc4)C2(C)S1)C(F)(F)C(F)(F)C3(F)F. The molecule has 6 rings (SSSR count). The highest BCUT2D eigenvalue weighted by atomic mass is 32.2. The van der Waals surface area contributed by atoms with Gasteiger partial charge in [0.25, 0.3) is 0 Å². The molecule has 0 aromatic heterocycles. The van der Waals surface area contributed by atoms with Crippen LogP contribution < -0.4 is 0 Å². The minimum atomic E-state index is -5.55. The maximum Gasteiger partial charge on any atom is 0.380 e. The van der Waals surface area contributed by atoms with E-state index in [1.807, 2.05) is 0 Å². The lowest BCUT2D eigenvalue weighted by Gasteiger charge is -2.49. The molecule has 0 saturated heterocycles.